The van der Waals surface area contributed by atoms with Crippen molar-refractivity contribution in [2.45, 2.75) is 25.6 Å². The van der Waals surface area contributed by atoms with E-state index in [0.717, 1.165) is 49.3 Å². The maximum atomic E-state index is 6.48. The Morgan fingerprint density at radius 1 is 0.967 bits per heavy atom. The van der Waals surface area contributed by atoms with Gasteiger partial charge in [-0.15, -0.1) is 0 Å². The molecule has 3 aromatic carbocycles. The second-order valence-corrected chi connectivity index (χ2v) is 9.38. The third-order valence-corrected chi connectivity index (χ3v) is 6.58. The fourth-order valence-electron chi connectivity index (χ4n) is 4.08. The number of hydrogen-bond donors (Lipinski definition) is 0. The highest BCUT2D eigenvalue weighted by atomic mass is 79.9. The SMILES string of the molecule is COc1ccc(Br)cc1[C@@H]1Oc2ccc(Br)cc2[C@H]2CC(c3ccc(C)cc3)=NN21. The minimum atomic E-state index is -0.376. The first-order chi connectivity index (χ1) is 14.5. The predicted molar refractivity (Wildman–Crippen MR) is 125 cm³/mol. The number of ether oxygens (including phenoxy) is 2. The molecule has 2 aliphatic rings. The molecule has 0 saturated carbocycles. The Balaban J connectivity index is 1.64. The van der Waals surface area contributed by atoms with Gasteiger partial charge >= 0.3 is 0 Å². The smallest absolute Gasteiger partial charge is 0.217 e. The Labute approximate surface area is 192 Å². The topological polar surface area (TPSA) is 34.1 Å². The standard InChI is InChI=1S/C24H20Br2N2O2/c1-14-3-5-15(6-4-14)20-13-21-18-11-16(25)8-10-23(18)30-24(28(21)27-20)19-12-17(26)7-9-22(19)29-2/h3-12,21,24H,13H2,1-2H3/t21-,24+/m1/s1. The average Bonchev–Trinajstić information content (AvgIpc) is 3.19. The molecule has 0 N–H and O–H groups in total. The van der Waals surface area contributed by atoms with Crippen LogP contribution in [0.4, 0.5) is 0 Å². The summed E-state index contributed by atoms with van der Waals surface area (Å²) in [7, 11) is 1.68. The van der Waals surface area contributed by atoms with Crippen molar-refractivity contribution in [2.24, 2.45) is 5.10 Å². The van der Waals surface area contributed by atoms with E-state index in [1.165, 1.54) is 5.56 Å². The Kier molecular flexibility index (Phi) is 5.07. The Bertz CT molecular complexity index is 1140. The normalized spacial score (nSPS) is 19.6. The molecule has 0 unspecified atom stereocenters. The van der Waals surface area contributed by atoms with E-state index in [9.17, 15) is 0 Å². The lowest BCUT2D eigenvalue weighted by Gasteiger charge is -2.38. The predicted octanol–water partition coefficient (Wildman–Crippen LogP) is 6.77. The molecule has 152 valence electrons. The molecular weight excluding hydrogens is 508 g/mol. The molecule has 0 spiro atoms. The largest absolute Gasteiger partial charge is 0.496 e. The van der Waals surface area contributed by atoms with Crippen molar-refractivity contribution in [1.29, 1.82) is 0 Å². The van der Waals surface area contributed by atoms with Gasteiger partial charge in [-0.1, -0.05) is 61.7 Å². The van der Waals surface area contributed by atoms with Gasteiger partial charge in [-0.25, -0.2) is 5.01 Å². The number of nitrogens with zero attached hydrogens (tertiary/aromatic N) is 2. The van der Waals surface area contributed by atoms with Gasteiger partial charge in [-0.3, -0.25) is 0 Å². The van der Waals surface area contributed by atoms with Gasteiger partial charge < -0.3 is 9.47 Å². The quantitative estimate of drug-likeness (QED) is 0.377. The van der Waals surface area contributed by atoms with E-state index in [0.29, 0.717) is 0 Å². The van der Waals surface area contributed by atoms with Crippen LogP contribution in [-0.2, 0) is 0 Å². The van der Waals surface area contributed by atoms with Crippen molar-refractivity contribution in [2.75, 3.05) is 7.11 Å². The molecule has 30 heavy (non-hydrogen) atoms. The zero-order valence-corrected chi connectivity index (χ0v) is 19.8. The van der Waals surface area contributed by atoms with Gasteiger partial charge in [0.1, 0.15) is 11.5 Å². The van der Waals surface area contributed by atoms with Crippen LogP contribution in [0.1, 0.15) is 40.9 Å². The van der Waals surface area contributed by atoms with Crippen LogP contribution in [0.3, 0.4) is 0 Å². The van der Waals surface area contributed by atoms with E-state index in [-0.39, 0.29) is 12.3 Å². The third kappa shape index (κ3) is 3.42. The molecule has 4 nitrogen and oxygen atoms in total. The summed E-state index contributed by atoms with van der Waals surface area (Å²) >= 11 is 7.20. The number of fused-ring (bicyclic) bond motifs is 3. The molecule has 2 heterocycles. The molecule has 0 amide bonds. The fourth-order valence-corrected chi connectivity index (χ4v) is 4.84. The molecule has 0 saturated heterocycles. The summed E-state index contributed by atoms with van der Waals surface area (Å²) in [5, 5.41) is 7.12. The van der Waals surface area contributed by atoms with Crippen molar-refractivity contribution >= 4 is 37.6 Å². The fraction of sp³-hybridized carbons (Fsp3) is 0.208. The summed E-state index contributed by atoms with van der Waals surface area (Å²) in [5.74, 6) is 1.66. The number of rotatable bonds is 3. The van der Waals surface area contributed by atoms with Gasteiger partial charge in [0.25, 0.3) is 0 Å². The summed E-state index contributed by atoms with van der Waals surface area (Å²) < 4.78 is 14.1. The maximum absolute atomic E-state index is 6.48. The lowest BCUT2D eigenvalue weighted by molar-refractivity contribution is -0.0204. The number of methoxy groups -OCH3 is 1. The van der Waals surface area contributed by atoms with E-state index in [1.807, 2.05) is 30.3 Å². The molecule has 2 aliphatic heterocycles. The number of hydrogen-bond acceptors (Lipinski definition) is 4. The monoisotopic (exact) mass is 526 g/mol. The molecule has 2 atom stereocenters. The van der Waals surface area contributed by atoms with Gasteiger partial charge in [-0.2, -0.15) is 5.10 Å². The van der Waals surface area contributed by atoms with Gasteiger partial charge in [0.15, 0.2) is 0 Å². The lowest BCUT2D eigenvalue weighted by atomic mass is 9.95. The van der Waals surface area contributed by atoms with Crippen LogP contribution in [-0.4, -0.2) is 17.8 Å². The van der Waals surface area contributed by atoms with E-state index in [4.69, 9.17) is 14.6 Å². The summed E-state index contributed by atoms with van der Waals surface area (Å²) in [5.41, 5.74) is 5.53. The van der Waals surface area contributed by atoms with Crippen LogP contribution in [0.25, 0.3) is 0 Å². The molecule has 5 rings (SSSR count). The van der Waals surface area contributed by atoms with Crippen molar-refractivity contribution in [3.63, 3.8) is 0 Å². The Morgan fingerprint density at radius 2 is 1.67 bits per heavy atom. The first-order valence-electron chi connectivity index (χ1n) is 9.76. The molecule has 0 radical (unpaired) electrons. The second kappa shape index (κ2) is 7.75. The molecule has 0 aromatic heterocycles. The zero-order valence-electron chi connectivity index (χ0n) is 16.6. The highest BCUT2D eigenvalue weighted by molar-refractivity contribution is 9.10. The van der Waals surface area contributed by atoms with Gasteiger partial charge in [0.05, 0.1) is 24.4 Å². The van der Waals surface area contributed by atoms with Crippen LogP contribution < -0.4 is 9.47 Å². The van der Waals surface area contributed by atoms with Crippen molar-refractivity contribution in [3.05, 3.63) is 91.9 Å². The second-order valence-electron chi connectivity index (χ2n) is 7.55. The van der Waals surface area contributed by atoms with E-state index in [2.05, 4.69) is 74.1 Å². The highest BCUT2D eigenvalue weighted by Crippen LogP contribution is 2.49. The minimum absolute atomic E-state index is 0.0937. The first-order valence-corrected chi connectivity index (χ1v) is 11.3. The first kappa shape index (κ1) is 19.6. The van der Waals surface area contributed by atoms with Crippen LogP contribution in [0, 0.1) is 6.92 Å². The Hall–Kier alpha value is -2.31. The third-order valence-electron chi connectivity index (χ3n) is 5.59. The molecule has 0 aliphatic carbocycles. The molecule has 0 fully saturated rings. The summed E-state index contributed by atoms with van der Waals surface area (Å²) in [6.07, 6.45) is 0.446. The Morgan fingerprint density at radius 3 is 2.40 bits per heavy atom. The van der Waals surface area contributed by atoms with Gasteiger partial charge in [0, 0.05) is 20.9 Å². The summed E-state index contributed by atoms with van der Waals surface area (Å²) in [6.45, 7) is 2.10. The molecule has 6 heteroatoms. The van der Waals surface area contributed by atoms with Crippen LogP contribution in [0.2, 0.25) is 0 Å². The number of halogens is 2. The van der Waals surface area contributed by atoms with Crippen LogP contribution in [0.5, 0.6) is 11.5 Å². The van der Waals surface area contributed by atoms with Gasteiger partial charge in [0.2, 0.25) is 6.23 Å². The number of aryl methyl sites for hydroxylation is 1. The van der Waals surface area contributed by atoms with Crippen molar-refractivity contribution in [3.8, 4) is 11.5 Å². The molecule has 3 aromatic rings. The van der Waals surface area contributed by atoms with Crippen molar-refractivity contribution < 1.29 is 9.47 Å². The maximum Gasteiger partial charge on any atom is 0.217 e. The van der Waals surface area contributed by atoms with Crippen molar-refractivity contribution in [1.82, 2.24) is 5.01 Å². The molecular formula is C24H20Br2N2O2. The number of hydrazone groups is 1. The zero-order chi connectivity index (χ0) is 20.8. The van der Waals surface area contributed by atoms with E-state index >= 15 is 0 Å². The highest BCUT2D eigenvalue weighted by Gasteiger charge is 2.42. The summed E-state index contributed by atoms with van der Waals surface area (Å²) in [6, 6.07) is 20.8. The van der Waals surface area contributed by atoms with Gasteiger partial charge in [-0.05, 0) is 48.9 Å². The van der Waals surface area contributed by atoms with Crippen LogP contribution >= 0.6 is 31.9 Å². The minimum Gasteiger partial charge on any atom is -0.496 e. The summed E-state index contributed by atoms with van der Waals surface area (Å²) in [4.78, 5) is 0. The molecule has 0 bridgehead atoms. The van der Waals surface area contributed by atoms with Crippen LogP contribution in [0.15, 0.2) is 74.7 Å². The average molecular weight is 528 g/mol. The van der Waals surface area contributed by atoms with E-state index in [1.54, 1.807) is 7.11 Å². The lowest BCUT2D eigenvalue weighted by Crippen LogP contribution is -2.34. The number of benzene rings is 3. The van der Waals surface area contributed by atoms with E-state index < -0.39 is 0 Å².